The molecule has 1 aromatic heterocycles. The van der Waals surface area contributed by atoms with Crippen molar-refractivity contribution in [2.45, 2.75) is 18.6 Å². The topological polar surface area (TPSA) is 81.2 Å². The molecule has 0 bridgehead atoms. The van der Waals surface area contributed by atoms with Gasteiger partial charge in [0, 0.05) is 24.0 Å². The summed E-state index contributed by atoms with van der Waals surface area (Å²) in [6.45, 7) is 1.65. The molecule has 2 saturated heterocycles. The van der Waals surface area contributed by atoms with E-state index in [0.717, 1.165) is 11.4 Å². The second-order valence-electron chi connectivity index (χ2n) is 8.74. The van der Waals surface area contributed by atoms with E-state index >= 15 is 0 Å². The molecule has 0 unspecified atom stereocenters. The highest BCUT2D eigenvalue weighted by Crippen LogP contribution is 2.34. The van der Waals surface area contributed by atoms with E-state index in [-0.39, 0.29) is 25.0 Å². The number of rotatable bonds is 6. The third-order valence-electron chi connectivity index (χ3n) is 6.43. The van der Waals surface area contributed by atoms with Crippen molar-refractivity contribution in [2.75, 3.05) is 38.3 Å². The molecule has 2 aliphatic rings. The third-order valence-corrected chi connectivity index (χ3v) is 6.43. The molecule has 8 nitrogen and oxygen atoms in total. The number of aromatic nitrogens is 1. The molecule has 3 aromatic rings. The number of pyridine rings is 1. The predicted molar refractivity (Wildman–Crippen MR) is 130 cm³/mol. The van der Waals surface area contributed by atoms with Crippen molar-refractivity contribution in [2.24, 2.45) is 0 Å². The van der Waals surface area contributed by atoms with Crippen molar-refractivity contribution in [1.29, 1.82) is 0 Å². The van der Waals surface area contributed by atoms with Gasteiger partial charge in [-0.3, -0.25) is 14.6 Å². The van der Waals surface area contributed by atoms with E-state index in [1.807, 2.05) is 48.5 Å². The number of nitrogens with zero attached hydrogens (tertiary/aromatic N) is 3. The lowest BCUT2D eigenvalue weighted by molar-refractivity contribution is -0.137. The van der Waals surface area contributed by atoms with E-state index < -0.39 is 5.60 Å². The number of hydrogen-bond donors (Lipinski definition) is 0. The molecular formula is C27H27N3O5. The monoisotopic (exact) mass is 473 g/mol. The van der Waals surface area contributed by atoms with Crippen LogP contribution in [0.5, 0.6) is 11.5 Å². The van der Waals surface area contributed by atoms with Gasteiger partial charge in [-0.1, -0.05) is 24.3 Å². The van der Waals surface area contributed by atoms with Gasteiger partial charge < -0.3 is 24.0 Å². The molecular weight excluding hydrogens is 446 g/mol. The van der Waals surface area contributed by atoms with Crippen molar-refractivity contribution in [3.63, 3.8) is 0 Å². The number of morpholine rings is 1. The molecule has 2 amide bonds. The Kier molecular flexibility index (Phi) is 6.37. The van der Waals surface area contributed by atoms with Gasteiger partial charge >= 0.3 is 0 Å². The van der Waals surface area contributed by atoms with Crippen LogP contribution in [-0.2, 0) is 16.1 Å². The van der Waals surface area contributed by atoms with Gasteiger partial charge in [-0.2, -0.15) is 0 Å². The molecule has 8 heteroatoms. The highest BCUT2D eigenvalue weighted by molar-refractivity contribution is 5.96. The molecule has 2 aliphatic heterocycles. The van der Waals surface area contributed by atoms with Gasteiger partial charge in [-0.05, 0) is 48.9 Å². The second-order valence-corrected chi connectivity index (χ2v) is 8.74. The minimum absolute atomic E-state index is 0.00493. The first-order chi connectivity index (χ1) is 17.1. The summed E-state index contributed by atoms with van der Waals surface area (Å²) in [5, 5.41) is 0. The molecule has 0 N–H and O–H groups in total. The fourth-order valence-corrected chi connectivity index (χ4v) is 4.56. The Labute approximate surface area is 204 Å². The zero-order chi connectivity index (χ0) is 24.3. The van der Waals surface area contributed by atoms with Gasteiger partial charge in [0.1, 0.15) is 18.8 Å². The summed E-state index contributed by atoms with van der Waals surface area (Å²) in [5.41, 5.74) is 1.55. The van der Waals surface area contributed by atoms with E-state index in [4.69, 9.17) is 14.2 Å². The number of carbonyl (C=O) groups excluding carboxylic acids is 2. The fraction of sp³-hybridized carbons (Fsp3) is 0.296. The van der Waals surface area contributed by atoms with Crippen LogP contribution in [0.15, 0.2) is 72.9 Å². The van der Waals surface area contributed by atoms with Crippen molar-refractivity contribution in [3.05, 3.63) is 84.2 Å². The molecule has 3 heterocycles. The number of amides is 2. The van der Waals surface area contributed by atoms with Crippen LogP contribution in [-0.4, -0.2) is 60.7 Å². The van der Waals surface area contributed by atoms with Gasteiger partial charge in [-0.25, -0.2) is 0 Å². The van der Waals surface area contributed by atoms with Crippen LogP contribution in [0.2, 0.25) is 0 Å². The van der Waals surface area contributed by atoms with Crippen LogP contribution in [0.1, 0.15) is 22.5 Å². The van der Waals surface area contributed by atoms with Crippen LogP contribution >= 0.6 is 0 Å². The molecule has 0 radical (unpaired) electrons. The van der Waals surface area contributed by atoms with Gasteiger partial charge in [0.2, 0.25) is 0 Å². The second kappa shape index (κ2) is 9.76. The van der Waals surface area contributed by atoms with E-state index in [9.17, 15) is 9.59 Å². The van der Waals surface area contributed by atoms with Gasteiger partial charge in [-0.15, -0.1) is 0 Å². The summed E-state index contributed by atoms with van der Waals surface area (Å²) in [4.78, 5) is 33.7. The van der Waals surface area contributed by atoms with Gasteiger partial charge in [0.25, 0.3) is 11.8 Å². The first-order valence-electron chi connectivity index (χ1n) is 11.6. The first kappa shape index (κ1) is 22.9. The van der Waals surface area contributed by atoms with E-state index in [1.165, 1.54) is 0 Å². The molecule has 35 heavy (non-hydrogen) atoms. The molecule has 2 aromatic carbocycles. The zero-order valence-corrected chi connectivity index (χ0v) is 19.6. The number of para-hydroxylation sites is 1. The summed E-state index contributed by atoms with van der Waals surface area (Å²) in [5.74, 6) is 0.839. The Morgan fingerprint density at radius 2 is 1.89 bits per heavy atom. The highest BCUT2D eigenvalue weighted by Gasteiger charge is 2.46. The van der Waals surface area contributed by atoms with Crippen LogP contribution in [0, 0.1) is 0 Å². The van der Waals surface area contributed by atoms with Crippen LogP contribution in [0.4, 0.5) is 5.69 Å². The zero-order valence-electron chi connectivity index (χ0n) is 19.6. The number of likely N-dealkylation sites (tertiary alicyclic amines) is 1. The SMILES string of the molecule is COc1ccc(C(=O)N2CC[C@@]3(C2)CN(c2ccccc2)C(=O)CO3)cc1OCc1ccccn1. The quantitative estimate of drug-likeness (QED) is 0.546. The smallest absolute Gasteiger partial charge is 0.254 e. The number of anilines is 1. The van der Waals surface area contributed by atoms with Crippen LogP contribution < -0.4 is 14.4 Å². The van der Waals surface area contributed by atoms with Crippen molar-refractivity contribution in [3.8, 4) is 11.5 Å². The third kappa shape index (κ3) is 4.83. The maximum atomic E-state index is 13.4. The minimum atomic E-state index is -0.579. The average Bonchev–Trinajstić information content (AvgIpc) is 3.33. The lowest BCUT2D eigenvalue weighted by atomic mass is 10.00. The summed E-state index contributed by atoms with van der Waals surface area (Å²) in [6.07, 6.45) is 2.37. The molecule has 2 fully saturated rings. The number of methoxy groups -OCH3 is 1. The largest absolute Gasteiger partial charge is 0.493 e. The minimum Gasteiger partial charge on any atom is -0.493 e. The predicted octanol–water partition coefficient (Wildman–Crippen LogP) is 3.32. The number of carbonyl (C=O) groups is 2. The van der Waals surface area contributed by atoms with Crippen LogP contribution in [0.25, 0.3) is 0 Å². The standard InChI is InChI=1S/C27H27N3O5/c1-33-23-11-10-20(15-24(23)34-16-21-7-5-6-13-28-21)26(32)29-14-12-27(18-29)19-30(25(31)17-35-27)22-8-3-2-4-9-22/h2-11,13,15H,12,14,16-19H2,1H3/t27-/m1/s1. The lowest BCUT2D eigenvalue weighted by Crippen LogP contribution is -2.56. The normalized spacial score (nSPS) is 19.7. The van der Waals surface area contributed by atoms with E-state index in [0.29, 0.717) is 43.1 Å². The first-order valence-corrected chi connectivity index (χ1v) is 11.6. The van der Waals surface area contributed by atoms with Gasteiger partial charge in [0.05, 0.1) is 25.9 Å². The maximum Gasteiger partial charge on any atom is 0.254 e. The Morgan fingerprint density at radius 1 is 1.06 bits per heavy atom. The van der Waals surface area contributed by atoms with Crippen LogP contribution in [0.3, 0.4) is 0 Å². The Morgan fingerprint density at radius 3 is 2.66 bits per heavy atom. The summed E-state index contributed by atoms with van der Waals surface area (Å²) >= 11 is 0. The molecule has 0 saturated carbocycles. The molecule has 1 atom stereocenters. The Balaban J connectivity index is 1.30. The van der Waals surface area contributed by atoms with Crippen molar-refractivity contribution in [1.82, 2.24) is 9.88 Å². The summed E-state index contributed by atoms with van der Waals surface area (Å²) in [7, 11) is 1.56. The van der Waals surface area contributed by atoms with Crippen molar-refractivity contribution >= 4 is 17.5 Å². The Bertz CT molecular complexity index is 1200. The molecule has 1 spiro atoms. The van der Waals surface area contributed by atoms with E-state index in [2.05, 4.69) is 4.98 Å². The van der Waals surface area contributed by atoms with E-state index in [1.54, 1.807) is 41.3 Å². The summed E-state index contributed by atoms with van der Waals surface area (Å²) in [6, 6.07) is 20.4. The molecule has 0 aliphatic carbocycles. The Hall–Kier alpha value is -3.91. The number of benzene rings is 2. The summed E-state index contributed by atoms with van der Waals surface area (Å²) < 4.78 is 17.4. The molecule has 180 valence electrons. The number of ether oxygens (including phenoxy) is 3. The van der Waals surface area contributed by atoms with Crippen molar-refractivity contribution < 1.29 is 23.8 Å². The average molecular weight is 474 g/mol. The number of hydrogen-bond acceptors (Lipinski definition) is 6. The van der Waals surface area contributed by atoms with Gasteiger partial charge in [0.15, 0.2) is 11.5 Å². The highest BCUT2D eigenvalue weighted by atomic mass is 16.5. The maximum absolute atomic E-state index is 13.4. The molecule has 5 rings (SSSR count). The lowest BCUT2D eigenvalue weighted by Gasteiger charge is -2.40. The fourth-order valence-electron chi connectivity index (χ4n) is 4.56.